The smallest absolute Gasteiger partial charge is 0.330 e. The molecule has 118 valence electrons. The van der Waals surface area contributed by atoms with Crippen LogP contribution in [0.5, 0.6) is 0 Å². The quantitative estimate of drug-likeness (QED) is 0.536. The summed E-state index contributed by atoms with van der Waals surface area (Å²) in [7, 11) is 1.14. The Bertz CT molecular complexity index is 628. The molecule has 1 aliphatic heterocycles. The predicted octanol–water partition coefficient (Wildman–Crippen LogP) is -2.60. The molecule has 0 aromatic carbocycles. The van der Waals surface area contributed by atoms with Crippen LogP contribution >= 0.6 is 0 Å². The summed E-state index contributed by atoms with van der Waals surface area (Å²) < 4.78 is 26.8. The van der Waals surface area contributed by atoms with Crippen LogP contribution in [0.2, 0.25) is 0 Å². The summed E-state index contributed by atoms with van der Waals surface area (Å²) in [6.07, 6.45) is -3.64. The van der Waals surface area contributed by atoms with E-state index in [1.165, 1.54) is 0 Å². The van der Waals surface area contributed by atoms with Crippen molar-refractivity contribution in [1.29, 1.82) is 0 Å². The van der Waals surface area contributed by atoms with E-state index in [9.17, 15) is 24.0 Å². The molecule has 1 aromatic heterocycles. The van der Waals surface area contributed by atoms with Crippen molar-refractivity contribution < 1.29 is 27.5 Å². The maximum atomic E-state index is 11.7. The topological polar surface area (TPSA) is 140 Å². The summed E-state index contributed by atoms with van der Waals surface area (Å²) >= 11 is -2.14. The van der Waals surface area contributed by atoms with Gasteiger partial charge in [-0.25, -0.2) is 4.79 Å². The standard InChI is InChI=1S/C10H14N2O8S/c1-18-21(17)20-8-5(4-13)19-9(7(8)15)12-3-2-6(14)11-10(12)16/h2-3,5,7-9,13,15H,4H2,1H3,(H,11,14,16)/t5-,7?,8+,9-,21?/m1/s1. The van der Waals surface area contributed by atoms with Gasteiger partial charge in [0.2, 0.25) is 0 Å². The number of nitrogens with one attached hydrogen (secondary N) is 1. The first-order valence-corrected chi connectivity index (χ1v) is 6.87. The maximum absolute atomic E-state index is 11.7. The first-order valence-electron chi connectivity index (χ1n) is 5.87. The monoisotopic (exact) mass is 322 g/mol. The van der Waals surface area contributed by atoms with Crippen molar-refractivity contribution in [3.05, 3.63) is 33.1 Å². The van der Waals surface area contributed by atoms with Gasteiger partial charge in [-0.3, -0.25) is 22.7 Å². The summed E-state index contributed by atoms with van der Waals surface area (Å²) in [5.41, 5.74) is -1.40. The molecule has 0 amide bonds. The Balaban J connectivity index is 2.28. The molecule has 0 aliphatic carbocycles. The Morgan fingerprint density at radius 3 is 2.81 bits per heavy atom. The number of aliphatic hydroxyl groups excluding tert-OH is 2. The molecule has 10 nitrogen and oxygen atoms in total. The number of ether oxygens (including phenoxy) is 1. The van der Waals surface area contributed by atoms with Crippen LogP contribution in [0.4, 0.5) is 0 Å². The molecule has 3 N–H and O–H groups in total. The fourth-order valence-electron chi connectivity index (χ4n) is 1.97. The summed E-state index contributed by atoms with van der Waals surface area (Å²) in [5, 5.41) is 19.4. The van der Waals surface area contributed by atoms with Crippen molar-refractivity contribution in [1.82, 2.24) is 9.55 Å². The van der Waals surface area contributed by atoms with Crippen molar-refractivity contribution in [3.8, 4) is 0 Å². The summed E-state index contributed by atoms with van der Waals surface area (Å²) in [4.78, 5) is 24.7. The molecule has 1 fully saturated rings. The van der Waals surface area contributed by atoms with Crippen molar-refractivity contribution in [3.63, 3.8) is 0 Å². The normalized spacial score (nSPS) is 30.4. The lowest BCUT2D eigenvalue weighted by Gasteiger charge is -2.18. The zero-order valence-electron chi connectivity index (χ0n) is 10.9. The van der Waals surface area contributed by atoms with Gasteiger partial charge < -0.3 is 14.9 Å². The van der Waals surface area contributed by atoms with Crippen molar-refractivity contribution in [2.75, 3.05) is 13.7 Å². The van der Waals surface area contributed by atoms with Crippen molar-refractivity contribution >= 4 is 11.4 Å². The van der Waals surface area contributed by atoms with E-state index in [4.69, 9.17) is 8.92 Å². The zero-order chi connectivity index (χ0) is 15.6. The molecule has 0 spiro atoms. The van der Waals surface area contributed by atoms with Gasteiger partial charge in [-0.1, -0.05) is 0 Å². The van der Waals surface area contributed by atoms with Gasteiger partial charge in [-0.05, 0) is 0 Å². The SMILES string of the molecule is COS(=O)O[C@@H]1C(O)[C@H](n2ccc(=O)[nH]c2=O)O[C@@H]1CO. The number of nitrogens with zero attached hydrogens (tertiary/aromatic N) is 1. The second-order valence-electron chi connectivity index (χ2n) is 4.19. The molecule has 1 aromatic rings. The third kappa shape index (κ3) is 3.28. The predicted molar refractivity (Wildman–Crippen MR) is 68.3 cm³/mol. The number of aromatic nitrogens is 2. The fraction of sp³-hybridized carbons (Fsp3) is 0.600. The molecule has 0 saturated carbocycles. The summed E-state index contributed by atoms with van der Waals surface area (Å²) in [5.74, 6) is 0. The van der Waals surface area contributed by atoms with Gasteiger partial charge >= 0.3 is 17.1 Å². The highest BCUT2D eigenvalue weighted by atomic mass is 32.2. The number of hydrogen-bond acceptors (Lipinski definition) is 8. The van der Waals surface area contributed by atoms with Crippen molar-refractivity contribution in [2.45, 2.75) is 24.5 Å². The molecule has 1 aliphatic rings. The Morgan fingerprint density at radius 1 is 1.52 bits per heavy atom. The van der Waals surface area contributed by atoms with Gasteiger partial charge in [0.15, 0.2) is 6.23 Å². The minimum atomic E-state index is -2.14. The zero-order valence-corrected chi connectivity index (χ0v) is 11.7. The Hall–Kier alpha value is -1.37. The number of aromatic amines is 1. The lowest BCUT2D eigenvalue weighted by molar-refractivity contribution is -0.0544. The summed E-state index contributed by atoms with van der Waals surface area (Å²) in [6.45, 7) is -0.531. The molecule has 0 bridgehead atoms. The van der Waals surface area contributed by atoms with E-state index >= 15 is 0 Å². The molecule has 1 saturated heterocycles. The van der Waals surface area contributed by atoms with Gasteiger partial charge in [0.05, 0.1) is 13.7 Å². The third-order valence-corrected chi connectivity index (χ3v) is 3.59. The second kappa shape index (κ2) is 6.60. The van der Waals surface area contributed by atoms with E-state index in [1.54, 1.807) is 0 Å². The van der Waals surface area contributed by atoms with Gasteiger partial charge in [-0.15, -0.1) is 0 Å². The first-order chi connectivity index (χ1) is 9.97. The fourth-order valence-corrected chi connectivity index (χ4v) is 2.47. The van der Waals surface area contributed by atoms with E-state index in [0.29, 0.717) is 0 Å². The first kappa shape index (κ1) is 16.0. The van der Waals surface area contributed by atoms with Crippen LogP contribution in [0.3, 0.4) is 0 Å². The minimum Gasteiger partial charge on any atom is -0.394 e. The number of H-pyrrole nitrogens is 1. The molecule has 11 heteroatoms. The van der Waals surface area contributed by atoms with E-state index in [-0.39, 0.29) is 0 Å². The van der Waals surface area contributed by atoms with Gasteiger partial charge in [-0.2, -0.15) is 4.21 Å². The van der Waals surface area contributed by atoms with Gasteiger partial charge in [0.1, 0.15) is 18.3 Å². The van der Waals surface area contributed by atoms with Gasteiger partial charge in [0.25, 0.3) is 5.56 Å². The molecule has 0 radical (unpaired) electrons. The lowest BCUT2D eigenvalue weighted by atomic mass is 10.1. The average molecular weight is 322 g/mol. The maximum Gasteiger partial charge on any atom is 0.330 e. The highest BCUT2D eigenvalue weighted by Gasteiger charge is 2.46. The molecule has 2 rings (SSSR count). The minimum absolute atomic E-state index is 0.531. The van der Waals surface area contributed by atoms with Crippen LogP contribution in [0, 0.1) is 0 Å². The molecule has 5 atom stereocenters. The Morgan fingerprint density at radius 2 is 2.24 bits per heavy atom. The van der Waals surface area contributed by atoms with E-state index in [2.05, 4.69) is 4.18 Å². The van der Waals surface area contributed by atoms with Gasteiger partial charge in [0, 0.05) is 12.3 Å². The molecule has 2 heterocycles. The van der Waals surface area contributed by atoms with Crippen LogP contribution in [-0.2, 0) is 24.5 Å². The number of rotatable bonds is 5. The molecular formula is C10H14N2O8S. The summed E-state index contributed by atoms with van der Waals surface area (Å²) in [6, 6.07) is 1.08. The lowest BCUT2D eigenvalue weighted by Crippen LogP contribution is -2.39. The highest BCUT2D eigenvalue weighted by molar-refractivity contribution is 7.75. The van der Waals surface area contributed by atoms with E-state index in [1.807, 2.05) is 4.98 Å². The molecule has 2 unspecified atom stereocenters. The van der Waals surface area contributed by atoms with Crippen molar-refractivity contribution in [2.24, 2.45) is 0 Å². The van der Waals surface area contributed by atoms with Crippen LogP contribution < -0.4 is 11.2 Å². The highest BCUT2D eigenvalue weighted by Crippen LogP contribution is 2.30. The number of aliphatic hydroxyl groups is 2. The third-order valence-electron chi connectivity index (χ3n) is 2.94. The Kier molecular flexibility index (Phi) is 5.03. The Labute approximate surface area is 120 Å². The molecule has 21 heavy (non-hydrogen) atoms. The van der Waals surface area contributed by atoms with Crippen LogP contribution in [0.25, 0.3) is 0 Å². The van der Waals surface area contributed by atoms with Crippen LogP contribution in [0.15, 0.2) is 21.9 Å². The number of hydrogen-bond donors (Lipinski definition) is 3. The average Bonchev–Trinajstić information content (AvgIpc) is 2.76. The van der Waals surface area contributed by atoms with E-state index in [0.717, 1.165) is 23.9 Å². The molecular weight excluding hydrogens is 308 g/mol. The van der Waals surface area contributed by atoms with Crippen LogP contribution in [-0.4, -0.2) is 56.0 Å². The van der Waals surface area contributed by atoms with E-state index < -0.39 is 53.8 Å². The second-order valence-corrected chi connectivity index (χ2v) is 5.12. The van der Waals surface area contributed by atoms with Crippen LogP contribution in [0.1, 0.15) is 6.23 Å². The largest absolute Gasteiger partial charge is 0.394 e.